The Bertz CT molecular complexity index is 1320. The Morgan fingerprint density at radius 2 is 1.55 bits per heavy atom. The minimum Gasteiger partial charge on any atom is -0.436 e. The molecule has 0 atom stereocenters. The van der Waals surface area contributed by atoms with Crippen LogP contribution in [0.25, 0.3) is 32.8 Å². The number of nitrogens with one attached hydrogen (secondary N) is 1. The second kappa shape index (κ2) is 7.73. The fourth-order valence-corrected chi connectivity index (χ4v) is 3.91. The Kier molecular flexibility index (Phi) is 4.64. The quantitative estimate of drug-likeness (QED) is 0.371. The third kappa shape index (κ3) is 3.68. The van der Waals surface area contributed by atoms with Crippen LogP contribution >= 0.6 is 11.3 Å². The van der Waals surface area contributed by atoms with Crippen molar-refractivity contribution < 1.29 is 4.42 Å². The van der Waals surface area contributed by atoms with Crippen LogP contribution in [0.2, 0.25) is 0 Å². The lowest BCUT2D eigenvalue weighted by atomic mass is 10.1. The van der Waals surface area contributed by atoms with E-state index in [4.69, 9.17) is 9.40 Å². The SMILES string of the molecule is c1ccc(NN=c2oc3ccccc3cc2-c2nc(-c3ccccc3)cs2)cc1. The molecular formula is C24H17N3OS. The van der Waals surface area contributed by atoms with Gasteiger partial charge in [-0.1, -0.05) is 66.7 Å². The minimum atomic E-state index is 0.501. The fraction of sp³-hybridized carbons (Fsp3) is 0. The molecule has 0 fully saturated rings. The second-order valence-electron chi connectivity index (χ2n) is 6.50. The second-order valence-corrected chi connectivity index (χ2v) is 7.35. The molecule has 0 aliphatic rings. The molecule has 1 N–H and O–H groups in total. The molecule has 2 heterocycles. The Morgan fingerprint density at radius 1 is 0.828 bits per heavy atom. The van der Waals surface area contributed by atoms with Crippen molar-refractivity contribution in [3.8, 4) is 21.8 Å². The molecule has 0 aliphatic heterocycles. The van der Waals surface area contributed by atoms with E-state index in [2.05, 4.69) is 34.1 Å². The van der Waals surface area contributed by atoms with Gasteiger partial charge in [-0.05, 0) is 24.3 Å². The number of hydrogen-bond acceptors (Lipinski definition) is 5. The Morgan fingerprint density at radius 3 is 2.38 bits per heavy atom. The first-order valence-corrected chi connectivity index (χ1v) is 10.1. The molecule has 4 nitrogen and oxygen atoms in total. The summed E-state index contributed by atoms with van der Waals surface area (Å²) in [6, 6.07) is 30.0. The summed E-state index contributed by atoms with van der Waals surface area (Å²) in [4.78, 5) is 4.84. The molecule has 140 valence electrons. The van der Waals surface area contributed by atoms with Crippen molar-refractivity contribution in [1.29, 1.82) is 0 Å². The molecule has 0 spiro atoms. The smallest absolute Gasteiger partial charge is 0.246 e. The van der Waals surface area contributed by atoms with E-state index >= 15 is 0 Å². The van der Waals surface area contributed by atoms with Crippen LogP contribution in [0, 0.1) is 0 Å². The van der Waals surface area contributed by atoms with Crippen LogP contribution in [0.3, 0.4) is 0 Å². The lowest BCUT2D eigenvalue weighted by molar-refractivity contribution is 0.543. The molecule has 3 aromatic carbocycles. The van der Waals surface area contributed by atoms with E-state index < -0.39 is 0 Å². The summed E-state index contributed by atoms with van der Waals surface area (Å²) in [5.41, 5.74) is 8.16. The van der Waals surface area contributed by atoms with E-state index in [9.17, 15) is 0 Å². The van der Waals surface area contributed by atoms with Crippen LogP contribution in [0.5, 0.6) is 0 Å². The van der Waals surface area contributed by atoms with Crippen LogP contribution in [0.1, 0.15) is 0 Å². The van der Waals surface area contributed by atoms with Gasteiger partial charge in [-0.25, -0.2) is 4.98 Å². The van der Waals surface area contributed by atoms with Gasteiger partial charge in [0.25, 0.3) is 0 Å². The van der Waals surface area contributed by atoms with Gasteiger partial charge in [-0.2, -0.15) is 0 Å². The molecule has 0 radical (unpaired) electrons. The monoisotopic (exact) mass is 395 g/mol. The topological polar surface area (TPSA) is 50.4 Å². The molecule has 0 saturated heterocycles. The van der Waals surface area contributed by atoms with E-state index in [0.717, 1.165) is 38.5 Å². The van der Waals surface area contributed by atoms with Crippen molar-refractivity contribution in [2.45, 2.75) is 0 Å². The van der Waals surface area contributed by atoms with E-state index in [1.165, 1.54) is 0 Å². The van der Waals surface area contributed by atoms with Gasteiger partial charge in [-0.15, -0.1) is 16.4 Å². The maximum absolute atomic E-state index is 6.12. The Balaban J connectivity index is 1.63. The summed E-state index contributed by atoms with van der Waals surface area (Å²) >= 11 is 1.58. The molecule has 5 rings (SSSR count). The van der Waals surface area contributed by atoms with E-state index in [-0.39, 0.29) is 0 Å². The van der Waals surface area contributed by atoms with Crippen molar-refractivity contribution >= 4 is 28.0 Å². The minimum absolute atomic E-state index is 0.501. The molecular weight excluding hydrogens is 378 g/mol. The molecule has 0 amide bonds. The first kappa shape index (κ1) is 17.4. The number of aromatic nitrogens is 1. The van der Waals surface area contributed by atoms with Gasteiger partial charge in [0.1, 0.15) is 10.6 Å². The van der Waals surface area contributed by atoms with Gasteiger partial charge in [0.05, 0.1) is 16.9 Å². The van der Waals surface area contributed by atoms with Crippen LogP contribution in [0.4, 0.5) is 5.69 Å². The predicted octanol–water partition coefficient (Wildman–Crippen LogP) is 6.15. The highest BCUT2D eigenvalue weighted by molar-refractivity contribution is 7.13. The molecule has 29 heavy (non-hydrogen) atoms. The summed E-state index contributed by atoms with van der Waals surface area (Å²) in [6.45, 7) is 0. The lowest BCUT2D eigenvalue weighted by Crippen LogP contribution is -2.09. The van der Waals surface area contributed by atoms with Crippen molar-refractivity contribution in [2.24, 2.45) is 5.10 Å². The number of rotatable bonds is 4. The standard InChI is InChI=1S/C24H17N3OS/c1-3-9-17(10-4-1)21-16-29-24(25-21)20-15-18-11-7-8-14-22(18)28-23(20)27-26-19-12-5-2-6-13-19/h1-16,26H. The number of thiazole rings is 1. The largest absolute Gasteiger partial charge is 0.436 e. The van der Waals surface area contributed by atoms with Crippen LogP contribution in [-0.4, -0.2) is 4.98 Å². The zero-order valence-corrected chi connectivity index (χ0v) is 16.3. The molecule has 0 unspecified atom stereocenters. The first-order valence-electron chi connectivity index (χ1n) is 9.26. The van der Waals surface area contributed by atoms with Gasteiger partial charge in [0.15, 0.2) is 0 Å². The summed E-state index contributed by atoms with van der Waals surface area (Å²) in [7, 11) is 0. The number of benzene rings is 3. The summed E-state index contributed by atoms with van der Waals surface area (Å²) in [5.74, 6) is 0. The number of fused-ring (bicyclic) bond motifs is 1. The first-order chi connectivity index (χ1) is 14.4. The van der Waals surface area contributed by atoms with E-state index in [1.807, 2.05) is 72.8 Å². The molecule has 5 heteroatoms. The summed E-state index contributed by atoms with van der Waals surface area (Å²) in [5, 5.41) is 8.48. The highest BCUT2D eigenvalue weighted by atomic mass is 32.1. The highest BCUT2D eigenvalue weighted by Crippen LogP contribution is 2.28. The summed E-state index contributed by atoms with van der Waals surface area (Å²) in [6.07, 6.45) is 0. The third-order valence-electron chi connectivity index (χ3n) is 4.52. The maximum Gasteiger partial charge on any atom is 0.246 e. The van der Waals surface area contributed by atoms with Crippen LogP contribution < -0.4 is 11.0 Å². The fourth-order valence-electron chi connectivity index (χ4n) is 3.07. The lowest BCUT2D eigenvalue weighted by Gasteiger charge is -2.04. The van der Waals surface area contributed by atoms with E-state index in [1.54, 1.807) is 11.3 Å². The van der Waals surface area contributed by atoms with Crippen LogP contribution in [0.15, 0.2) is 106 Å². The predicted molar refractivity (Wildman–Crippen MR) is 118 cm³/mol. The van der Waals surface area contributed by atoms with Gasteiger partial charge in [0, 0.05) is 16.3 Å². The molecule has 0 aliphatic carbocycles. The maximum atomic E-state index is 6.12. The Labute approximate surface area is 171 Å². The zero-order chi connectivity index (χ0) is 19.5. The zero-order valence-electron chi connectivity index (χ0n) is 15.4. The number of nitrogens with zero attached hydrogens (tertiary/aromatic N) is 2. The van der Waals surface area contributed by atoms with Crippen molar-refractivity contribution in [1.82, 2.24) is 4.98 Å². The van der Waals surface area contributed by atoms with Gasteiger partial charge in [-0.3, -0.25) is 5.43 Å². The van der Waals surface area contributed by atoms with Crippen LogP contribution in [-0.2, 0) is 0 Å². The molecule has 0 saturated carbocycles. The van der Waals surface area contributed by atoms with Crippen molar-refractivity contribution in [2.75, 3.05) is 5.43 Å². The van der Waals surface area contributed by atoms with Gasteiger partial charge < -0.3 is 4.42 Å². The highest BCUT2D eigenvalue weighted by Gasteiger charge is 2.12. The summed E-state index contributed by atoms with van der Waals surface area (Å²) < 4.78 is 6.12. The third-order valence-corrected chi connectivity index (χ3v) is 5.40. The van der Waals surface area contributed by atoms with Crippen molar-refractivity contribution in [3.63, 3.8) is 0 Å². The number of para-hydroxylation sites is 2. The average molecular weight is 395 g/mol. The van der Waals surface area contributed by atoms with Gasteiger partial charge >= 0.3 is 0 Å². The molecule has 0 bridgehead atoms. The van der Waals surface area contributed by atoms with Gasteiger partial charge in [0.2, 0.25) is 5.55 Å². The van der Waals surface area contributed by atoms with E-state index in [0.29, 0.717) is 5.55 Å². The molecule has 2 aromatic heterocycles. The number of anilines is 1. The van der Waals surface area contributed by atoms with Crippen molar-refractivity contribution in [3.05, 3.63) is 102 Å². The Hall–Kier alpha value is -3.70. The average Bonchev–Trinajstić information content (AvgIpc) is 3.28. The normalized spacial score (nSPS) is 11.7. The number of hydrogen-bond donors (Lipinski definition) is 1. The molecule has 5 aromatic rings.